The number of amides is 1. The molecule has 0 aliphatic carbocycles. The highest BCUT2D eigenvalue weighted by atomic mass is 35.5. The molecule has 6 atom stereocenters. The normalized spacial score (nSPS) is 23.7. The Bertz CT molecular complexity index is 1560. The summed E-state index contributed by atoms with van der Waals surface area (Å²) in [6.45, 7) is 3.33. The number of carbonyl (C=O) groups excluding carboxylic acids is 1. The van der Waals surface area contributed by atoms with Crippen LogP contribution in [0.5, 0.6) is 0 Å². The number of halogens is 1. The van der Waals surface area contributed by atoms with Crippen molar-refractivity contribution in [3.05, 3.63) is 11.5 Å². The third-order valence-electron chi connectivity index (χ3n) is 7.49. The SMILES string of the molecule is C#CCOCCOCCOCCOCCNC(=O)C1CCN(c2nc(Cl)nc3c2cnn3[C@@H]2O[C@H](COP(=O)(O)CP(=O)(O)O)[C@@H](O)[C@H]2O)C1. The van der Waals surface area contributed by atoms with Crippen molar-refractivity contribution < 1.29 is 67.0 Å². The highest BCUT2D eigenvalue weighted by Crippen LogP contribution is 2.55. The second kappa shape index (κ2) is 19.0. The van der Waals surface area contributed by atoms with Gasteiger partial charge in [0.2, 0.25) is 11.2 Å². The van der Waals surface area contributed by atoms with Gasteiger partial charge in [0, 0.05) is 19.6 Å². The van der Waals surface area contributed by atoms with Crippen molar-refractivity contribution >= 4 is 49.6 Å². The lowest BCUT2D eigenvalue weighted by atomic mass is 10.1. The van der Waals surface area contributed by atoms with Crippen LogP contribution in [-0.2, 0) is 42.1 Å². The summed E-state index contributed by atoms with van der Waals surface area (Å²) in [5.74, 6) is 0.832. The Hall–Kier alpha value is -2.31. The Morgan fingerprint density at radius 2 is 1.70 bits per heavy atom. The number of nitrogens with zero attached hydrogens (tertiary/aromatic N) is 5. The van der Waals surface area contributed by atoms with Gasteiger partial charge in [-0.3, -0.25) is 13.9 Å². The average molecular weight is 771 g/mol. The third kappa shape index (κ3) is 11.9. The number of carbonyl (C=O) groups is 1. The maximum absolute atomic E-state index is 12.9. The van der Waals surface area contributed by atoms with Gasteiger partial charge in [-0.15, -0.1) is 6.42 Å². The number of hydrogen-bond acceptors (Lipinski definition) is 15. The van der Waals surface area contributed by atoms with E-state index in [1.807, 2.05) is 4.90 Å². The number of ether oxygens (including phenoxy) is 5. The lowest BCUT2D eigenvalue weighted by molar-refractivity contribution is -0.124. The van der Waals surface area contributed by atoms with Crippen LogP contribution in [0.15, 0.2) is 6.20 Å². The fourth-order valence-corrected chi connectivity index (χ4v) is 7.92. The topological polar surface area (TPSA) is 267 Å². The summed E-state index contributed by atoms with van der Waals surface area (Å²) in [4.78, 5) is 51.0. The molecule has 2 unspecified atom stereocenters. The van der Waals surface area contributed by atoms with Gasteiger partial charge in [0.25, 0.3) is 0 Å². The van der Waals surface area contributed by atoms with E-state index in [0.29, 0.717) is 83.5 Å². The fraction of sp³-hybridized carbons (Fsp3) is 0.704. The molecule has 50 heavy (non-hydrogen) atoms. The van der Waals surface area contributed by atoms with Gasteiger partial charge in [-0.1, -0.05) is 5.92 Å². The van der Waals surface area contributed by atoms with Crippen molar-refractivity contribution in [3.63, 3.8) is 0 Å². The van der Waals surface area contributed by atoms with Crippen LogP contribution in [0.25, 0.3) is 11.0 Å². The van der Waals surface area contributed by atoms with Gasteiger partial charge in [0.1, 0.15) is 30.7 Å². The number of hydrogen-bond donors (Lipinski definition) is 6. The summed E-state index contributed by atoms with van der Waals surface area (Å²) in [5, 5.41) is 28.6. The molecular weight excluding hydrogens is 730 g/mol. The molecular formula is C27H41ClN6O14P2. The Kier molecular flexibility index (Phi) is 15.3. The summed E-state index contributed by atoms with van der Waals surface area (Å²) >= 11 is 6.25. The molecule has 2 aromatic rings. The third-order valence-corrected chi connectivity index (χ3v) is 11.1. The molecule has 4 heterocycles. The van der Waals surface area contributed by atoms with Crippen LogP contribution in [-0.4, -0.2) is 154 Å². The molecule has 2 aliphatic rings. The van der Waals surface area contributed by atoms with E-state index in [-0.39, 0.29) is 29.4 Å². The van der Waals surface area contributed by atoms with E-state index in [0.717, 1.165) is 4.68 Å². The van der Waals surface area contributed by atoms with Crippen LogP contribution in [0.1, 0.15) is 12.6 Å². The molecule has 0 radical (unpaired) electrons. The minimum absolute atomic E-state index is 0.138. The zero-order valence-electron chi connectivity index (χ0n) is 26.9. The van der Waals surface area contributed by atoms with Gasteiger partial charge in [0.15, 0.2) is 17.8 Å². The zero-order valence-corrected chi connectivity index (χ0v) is 29.4. The fourth-order valence-electron chi connectivity index (χ4n) is 5.19. The summed E-state index contributed by atoms with van der Waals surface area (Å²) in [5.41, 5.74) is 0.138. The van der Waals surface area contributed by atoms with Gasteiger partial charge >= 0.3 is 15.2 Å². The van der Waals surface area contributed by atoms with Gasteiger partial charge in [-0.25, -0.2) is 4.68 Å². The molecule has 2 aliphatic heterocycles. The van der Waals surface area contributed by atoms with Gasteiger partial charge in [-0.05, 0) is 18.0 Å². The number of aromatic nitrogens is 4. The first-order chi connectivity index (χ1) is 23.8. The average Bonchev–Trinajstić information content (AvgIpc) is 3.77. The molecule has 0 aromatic carbocycles. The largest absolute Gasteiger partial charge is 0.387 e. The lowest BCUT2D eigenvalue weighted by Gasteiger charge is -2.19. The van der Waals surface area contributed by atoms with Crippen molar-refractivity contribution in [2.45, 2.75) is 31.0 Å². The molecule has 0 bridgehead atoms. The van der Waals surface area contributed by atoms with Gasteiger partial charge in [-0.2, -0.15) is 15.1 Å². The van der Waals surface area contributed by atoms with Gasteiger partial charge in [0.05, 0.1) is 70.4 Å². The second-order valence-corrected chi connectivity index (χ2v) is 15.6. The van der Waals surface area contributed by atoms with Crippen molar-refractivity contribution in [2.75, 3.05) is 89.9 Å². The minimum Gasteiger partial charge on any atom is -0.387 e. The molecule has 0 saturated carbocycles. The molecule has 2 fully saturated rings. The Morgan fingerprint density at radius 1 is 1.04 bits per heavy atom. The summed E-state index contributed by atoms with van der Waals surface area (Å²) < 4.78 is 56.1. The number of nitrogens with one attached hydrogen (secondary N) is 1. The van der Waals surface area contributed by atoms with E-state index in [4.69, 9.17) is 56.0 Å². The smallest absolute Gasteiger partial charge is 0.340 e. The van der Waals surface area contributed by atoms with E-state index in [1.165, 1.54) is 6.20 Å². The Labute approximate surface area is 292 Å². The van der Waals surface area contributed by atoms with E-state index < -0.39 is 52.2 Å². The number of fused-ring (bicyclic) bond motifs is 1. The number of aliphatic hydroxyl groups excluding tert-OH is 2. The first-order valence-electron chi connectivity index (χ1n) is 15.5. The van der Waals surface area contributed by atoms with Crippen LogP contribution in [0.4, 0.5) is 5.82 Å². The van der Waals surface area contributed by atoms with E-state index >= 15 is 0 Å². The minimum atomic E-state index is -4.88. The van der Waals surface area contributed by atoms with Crippen molar-refractivity contribution in [1.82, 2.24) is 25.1 Å². The molecule has 4 rings (SSSR count). The standard InChI is InChI=1S/C27H41ClN6O14P2/c1-2-6-43-8-10-45-12-13-46-11-9-44-7-4-29-25(37)18-3-5-33(15-18)23-19-14-30-34(24(19)32-27(28)31-23)26-22(36)21(35)20(48-26)16-47-50(41,42)17-49(38,39)40/h1,14,18,20-22,26,35-36H,3-13,15-17H2,(H,29,37)(H,41,42)(H2,38,39,40)/t18?,20-,21-,22-,26-/m1/s1. The first kappa shape index (κ1) is 40.5. The monoisotopic (exact) mass is 770 g/mol. The molecule has 1 amide bonds. The lowest BCUT2D eigenvalue weighted by Crippen LogP contribution is -2.35. The predicted octanol–water partition coefficient (Wildman–Crippen LogP) is -0.922. The van der Waals surface area contributed by atoms with Crippen molar-refractivity contribution in [2.24, 2.45) is 5.92 Å². The van der Waals surface area contributed by atoms with Gasteiger partial charge < -0.3 is 63.3 Å². The predicted molar refractivity (Wildman–Crippen MR) is 174 cm³/mol. The van der Waals surface area contributed by atoms with Crippen LogP contribution in [0.3, 0.4) is 0 Å². The van der Waals surface area contributed by atoms with Crippen molar-refractivity contribution in [1.29, 1.82) is 0 Å². The first-order valence-corrected chi connectivity index (χ1v) is 19.4. The molecule has 0 spiro atoms. The molecule has 2 aromatic heterocycles. The Morgan fingerprint density at radius 3 is 2.36 bits per heavy atom. The number of aliphatic hydroxyl groups is 2. The van der Waals surface area contributed by atoms with Crippen LogP contribution in [0, 0.1) is 18.3 Å². The van der Waals surface area contributed by atoms with E-state index in [1.54, 1.807) is 0 Å². The maximum Gasteiger partial charge on any atom is 0.340 e. The quantitative estimate of drug-likeness (QED) is 0.0388. The molecule has 6 N–H and O–H groups in total. The number of rotatable bonds is 21. The number of terminal acetylenes is 1. The molecule has 280 valence electrons. The number of anilines is 1. The summed E-state index contributed by atoms with van der Waals surface area (Å²) in [6, 6.07) is 0. The summed E-state index contributed by atoms with van der Waals surface area (Å²) in [6.07, 6.45) is 1.10. The molecule has 23 heteroatoms. The maximum atomic E-state index is 12.9. The van der Waals surface area contributed by atoms with Crippen LogP contribution in [0.2, 0.25) is 5.28 Å². The van der Waals surface area contributed by atoms with Crippen LogP contribution < -0.4 is 10.2 Å². The second-order valence-electron chi connectivity index (χ2n) is 11.2. The Balaban J connectivity index is 1.23. The summed E-state index contributed by atoms with van der Waals surface area (Å²) in [7, 11) is -9.62. The highest BCUT2D eigenvalue weighted by Gasteiger charge is 2.46. The van der Waals surface area contributed by atoms with E-state index in [9.17, 15) is 29.0 Å². The molecule has 2 saturated heterocycles. The zero-order chi connectivity index (χ0) is 36.3. The van der Waals surface area contributed by atoms with Crippen molar-refractivity contribution in [3.8, 4) is 12.3 Å². The van der Waals surface area contributed by atoms with Crippen LogP contribution >= 0.6 is 26.8 Å². The highest BCUT2D eigenvalue weighted by molar-refractivity contribution is 7.70. The molecule has 20 nitrogen and oxygen atoms in total. The van der Waals surface area contributed by atoms with E-state index in [2.05, 4.69) is 26.3 Å².